The SMILES string of the molecule is Cc1ccc(COc2ccc(C=NCc3ccco3)cc2)c(C)c1C. The van der Waals surface area contributed by atoms with Gasteiger partial charge in [0.2, 0.25) is 0 Å². The minimum absolute atomic E-state index is 0.553. The van der Waals surface area contributed by atoms with E-state index in [-0.39, 0.29) is 0 Å². The van der Waals surface area contributed by atoms with Crippen LogP contribution in [0.1, 0.15) is 33.6 Å². The Kier molecular flexibility index (Phi) is 5.34. The van der Waals surface area contributed by atoms with Crippen LogP contribution in [0.2, 0.25) is 0 Å². The predicted octanol–water partition coefficient (Wildman–Crippen LogP) is 5.40. The number of aliphatic imine (C=N–C) groups is 1. The molecule has 0 unspecified atom stereocenters. The Morgan fingerprint density at radius 3 is 2.48 bits per heavy atom. The van der Waals surface area contributed by atoms with Crippen molar-refractivity contribution in [3.63, 3.8) is 0 Å². The summed E-state index contributed by atoms with van der Waals surface area (Å²) in [4.78, 5) is 4.38. The van der Waals surface area contributed by atoms with Gasteiger partial charge in [-0.2, -0.15) is 0 Å². The first-order valence-corrected chi connectivity index (χ1v) is 8.44. The molecule has 0 amide bonds. The molecule has 0 aliphatic carbocycles. The monoisotopic (exact) mass is 333 g/mol. The van der Waals surface area contributed by atoms with Gasteiger partial charge < -0.3 is 9.15 Å². The zero-order chi connectivity index (χ0) is 17.6. The van der Waals surface area contributed by atoms with E-state index in [9.17, 15) is 0 Å². The normalized spacial score (nSPS) is 11.2. The van der Waals surface area contributed by atoms with Crippen LogP contribution in [0.4, 0.5) is 0 Å². The van der Waals surface area contributed by atoms with Gasteiger partial charge in [0.05, 0.1) is 12.8 Å². The summed E-state index contributed by atoms with van der Waals surface area (Å²) in [6.45, 7) is 7.58. The molecule has 3 aromatic rings. The number of hydrogen-bond donors (Lipinski definition) is 0. The molecule has 0 aliphatic heterocycles. The summed E-state index contributed by atoms with van der Waals surface area (Å²) in [6.07, 6.45) is 3.51. The van der Waals surface area contributed by atoms with E-state index in [4.69, 9.17) is 9.15 Å². The summed E-state index contributed by atoms with van der Waals surface area (Å²) in [6, 6.07) is 16.1. The molecule has 0 bridgehead atoms. The van der Waals surface area contributed by atoms with Gasteiger partial charge in [-0.25, -0.2) is 0 Å². The number of hydrogen-bond acceptors (Lipinski definition) is 3. The highest BCUT2D eigenvalue weighted by Crippen LogP contribution is 2.20. The maximum atomic E-state index is 5.93. The number of rotatable bonds is 6. The highest BCUT2D eigenvalue weighted by molar-refractivity contribution is 5.79. The molecule has 0 saturated carbocycles. The lowest BCUT2D eigenvalue weighted by molar-refractivity contribution is 0.305. The number of ether oxygens (including phenoxy) is 1. The minimum atomic E-state index is 0.553. The van der Waals surface area contributed by atoms with E-state index in [1.54, 1.807) is 6.26 Å². The van der Waals surface area contributed by atoms with Gasteiger partial charge in [0, 0.05) is 6.21 Å². The van der Waals surface area contributed by atoms with Crippen LogP contribution in [-0.2, 0) is 13.2 Å². The highest BCUT2D eigenvalue weighted by atomic mass is 16.5. The summed E-state index contributed by atoms with van der Waals surface area (Å²) in [5.41, 5.74) is 6.23. The molecular weight excluding hydrogens is 310 g/mol. The zero-order valence-electron chi connectivity index (χ0n) is 15.0. The molecule has 0 atom stereocenters. The third-order valence-corrected chi connectivity index (χ3v) is 4.51. The Bertz CT molecular complexity index is 846. The van der Waals surface area contributed by atoms with Crippen molar-refractivity contribution in [2.45, 2.75) is 33.9 Å². The Morgan fingerprint density at radius 2 is 1.76 bits per heavy atom. The lowest BCUT2D eigenvalue weighted by Gasteiger charge is -2.12. The Hall–Kier alpha value is -2.81. The number of aryl methyl sites for hydroxylation is 1. The van der Waals surface area contributed by atoms with Crippen molar-refractivity contribution >= 4 is 6.21 Å². The van der Waals surface area contributed by atoms with Crippen molar-refractivity contribution < 1.29 is 9.15 Å². The Labute approximate surface area is 149 Å². The maximum Gasteiger partial charge on any atom is 0.125 e. The van der Waals surface area contributed by atoms with Crippen LogP contribution in [0.15, 0.2) is 64.2 Å². The van der Waals surface area contributed by atoms with E-state index in [2.05, 4.69) is 37.9 Å². The fraction of sp³-hybridized carbons (Fsp3) is 0.227. The molecule has 0 radical (unpaired) electrons. The lowest BCUT2D eigenvalue weighted by atomic mass is 9.99. The molecule has 0 spiro atoms. The van der Waals surface area contributed by atoms with Crippen molar-refractivity contribution in [2.75, 3.05) is 0 Å². The third-order valence-electron chi connectivity index (χ3n) is 4.51. The second-order valence-electron chi connectivity index (χ2n) is 6.20. The molecule has 128 valence electrons. The maximum absolute atomic E-state index is 5.93. The molecule has 0 saturated heterocycles. The summed E-state index contributed by atoms with van der Waals surface area (Å²) in [5, 5.41) is 0. The van der Waals surface area contributed by atoms with Crippen molar-refractivity contribution in [3.8, 4) is 5.75 Å². The number of furan rings is 1. The van der Waals surface area contributed by atoms with Gasteiger partial charge in [0.1, 0.15) is 18.1 Å². The molecular formula is C22H23NO2. The first kappa shape index (κ1) is 17.0. The molecule has 25 heavy (non-hydrogen) atoms. The van der Waals surface area contributed by atoms with Gasteiger partial charge in [-0.15, -0.1) is 0 Å². The average molecular weight is 333 g/mol. The topological polar surface area (TPSA) is 34.7 Å². The van der Waals surface area contributed by atoms with Crippen molar-refractivity contribution in [3.05, 3.63) is 88.4 Å². The van der Waals surface area contributed by atoms with Crippen LogP contribution in [0.3, 0.4) is 0 Å². The average Bonchev–Trinajstić information content (AvgIpc) is 3.14. The van der Waals surface area contributed by atoms with E-state index in [1.165, 1.54) is 22.3 Å². The summed E-state index contributed by atoms with van der Waals surface area (Å²) >= 11 is 0. The third kappa shape index (κ3) is 4.38. The van der Waals surface area contributed by atoms with E-state index < -0.39 is 0 Å². The molecule has 2 aromatic carbocycles. The van der Waals surface area contributed by atoms with Crippen molar-refractivity contribution in [1.29, 1.82) is 0 Å². The van der Waals surface area contributed by atoms with Gasteiger partial charge >= 0.3 is 0 Å². The molecule has 0 N–H and O–H groups in total. The Balaban J connectivity index is 1.57. The number of benzene rings is 2. The molecule has 3 rings (SSSR count). The van der Waals surface area contributed by atoms with Crippen LogP contribution >= 0.6 is 0 Å². The van der Waals surface area contributed by atoms with Crippen LogP contribution in [0.25, 0.3) is 0 Å². The smallest absolute Gasteiger partial charge is 0.125 e. The van der Waals surface area contributed by atoms with Gasteiger partial charge in [0.25, 0.3) is 0 Å². The fourth-order valence-electron chi connectivity index (χ4n) is 2.62. The fourth-order valence-corrected chi connectivity index (χ4v) is 2.62. The molecule has 3 heteroatoms. The second-order valence-corrected chi connectivity index (χ2v) is 6.20. The van der Waals surface area contributed by atoms with Crippen LogP contribution in [0, 0.1) is 20.8 Å². The second kappa shape index (κ2) is 7.84. The quantitative estimate of drug-likeness (QED) is 0.566. The Morgan fingerprint density at radius 1 is 0.960 bits per heavy atom. The van der Waals surface area contributed by atoms with E-state index in [0.29, 0.717) is 13.2 Å². The van der Waals surface area contributed by atoms with Gasteiger partial charge in [-0.1, -0.05) is 12.1 Å². The van der Waals surface area contributed by atoms with Gasteiger partial charge in [0.15, 0.2) is 0 Å². The van der Waals surface area contributed by atoms with Crippen LogP contribution < -0.4 is 4.74 Å². The summed E-state index contributed by atoms with van der Waals surface area (Å²) in [7, 11) is 0. The van der Waals surface area contributed by atoms with Gasteiger partial charge in [-0.3, -0.25) is 4.99 Å². The van der Waals surface area contributed by atoms with Crippen LogP contribution in [-0.4, -0.2) is 6.21 Å². The zero-order valence-corrected chi connectivity index (χ0v) is 15.0. The van der Waals surface area contributed by atoms with Crippen LogP contribution in [0.5, 0.6) is 5.75 Å². The van der Waals surface area contributed by atoms with Gasteiger partial charge in [-0.05, 0) is 85.0 Å². The highest BCUT2D eigenvalue weighted by Gasteiger charge is 2.04. The minimum Gasteiger partial charge on any atom is -0.489 e. The first-order valence-electron chi connectivity index (χ1n) is 8.44. The molecule has 0 fully saturated rings. The van der Waals surface area contributed by atoms with E-state index >= 15 is 0 Å². The van der Waals surface area contributed by atoms with Crippen molar-refractivity contribution in [1.82, 2.24) is 0 Å². The summed E-state index contributed by atoms with van der Waals surface area (Å²) < 4.78 is 11.2. The first-order chi connectivity index (χ1) is 12.1. The molecule has 3 nitrogen and oxygen atoms in total. The standard InChI is InChI=1S/C22H23NO2/c1-16-6-9-20(18(3)17(16)2)15-25-21-10-7-19(8-11-21)13-23-14-22-5-4-12-24-22/h4-13H,14-15H2,1-3H3. The predicted molar refractivity (Wildman–Crippen MR) is 101 cm³/mol. The molecule has 1 heterocycles. The van der Waals surface area contributed by atoms with E-state index in [0.717, 1.165) is 17.1 Å². The molecule has 1 aromatic heterocycles. The largest absolute Gasteiger partial charge is 0.489 e. The van der Waals surface area contributed by atoms with E-state index in [1.807, 2.05) is 42.6 Å². The lowest BCUT2D eigenvalue weighted by Crippen LogP contribution is -2.00. The molecule has 0 aliphatic rings. The number of nitrogens with zero attached hydrogens (tertiary/aromatic N) is 1. The van der Waals surface area contributed by atoms with Crippen molar-refractivity contribution in [2.24, 2.45) is 4.99 Å². The summed E-state index contributed by atoms with van der Waals surface area (Å²) in [5.74, 6) is 1.72.